The van der Waals surface area contributed by atoms with Crippen LogP contribution in [-0.4, -0.2) is 17.6 Å². The van der Waals surface area contributed by atoms with E-state index in [1.54, 1.807) is 24.3 Å². The van der Waals surface area contributed by atoms with Crippen molar-refractivity contribution in [1.82, 2.24) is 10.9 Å². The van der Waals surface area contributed by atoms with E-state index < -0.39 is 0 Å². The Balaban J connectivity index is 1.79. The van der Waals surface area contributed by atoms with Gasteiger partial charge in [-0.2, -0.15) is 0 Å². The van der Waals surface area contributed by atoms with Crippen molar-refractivity contribution in [3.8, 4) is 0 Å². The first-order chi connectivity index (χ1) is 11.0. The number of amides is 2. The van der Waals surface area contributed by atoms with Gasteiger partial charge < -0.3 is 0 Å². The van der Waals surface area contributed by atoms with Crippen LogP contribution in [-0.2, 0) is 4.79 Å². The molecule has 2 N–H and O–H groups in total. The molecule has 120 valence electrons. The maximum absolute atomic E-state index is 11.8. The maximum atomic E-state index is 11.8. The second-order valence-electron chi connectivity index (χ2n) is 5.04. The van der Waals surface area contributed by atoms with E-state index in [4.69, 9.17) is 11.6 Å². The molecule has 0 spiro atoms. The van der Waals surface area contributed by atoms with E-state index in [1.807, 2.05) is 32.0 Å². The molecule has 0 unspecified atom stereocenters. The number of benzene rings is 2. The third-order valence-corrected chi connectivity index (χ3v) is 4.52. The normalized spacial score (nSPS) is 10.2. The lowest BCUT2D eigenvalue weighted by molar-refractivity contribution is -0.119. The van der Waals surface area contributed by atoms with Crippen LogP contribution in [0.4, 0.5) is 0 Å². The summed E-state index contributed by atoms with van der Waals surface area (Å²) in [6.07, 6.45) is 0. The van der Waals surface area contributed by atoms with Gasteiger partial charge in [0.2, 0.25) is 5.91 Å². The van der Waals surface area contributed by atoms with Crippen LogP contribution in [0.15, 0.2) is 47.4 Å². The minimum absolute atomic E-state index is 0.226. The number of hydrogen-bond acceptors (Lipinski definition) is 3. The Morgan fingerprint density at radius 3 is 2.35 bits per heavy atom. The van der Waals surface area contributed by atoms with Crippen LogP contribution in [0.25, 0.3) is 0 Å². The molecule has 0 saturated heterocycles. The number of carbonyl (C=O) groups excluding carboxylic acids is 2. The molecule has 0 saturated carbocycles. The van der Waals surface area contributed by atoms with Crippen LogP contribution in [0, 0.1) is 13.8 Å². The molecule has 23 heavy (non-hydrogen) atoms. The standard InChI is InChI=1S/C17H17ClN2O2S/c1-11-3-8-15(9-12(11)2)23-10-16(21)19-20-17(22)13-4-6-14(18)7-5-13/h3-9H,10H2,1-2H3,(H,19,21)(H,20,22). The van der Waals surface area contributed by atoms with Crippen molar-refractivity contribution in [3.05, 3.63) is 64.2 Å². The average Bonchev–Trinajstić information content (AvgIpc) is 2.54. The lowest BCUT2D eigenvalue weighted by Gasteiger charge is -2.08. The quantitative estimate of drug-likeness (QED) is 0.656. The number of aryl methyl sites for hydroxylation is 2. The molecule has 2 rings (SSSR count). The van der Waals surface area contributed by atoms with Gasteiger partial charge in [-0.3, -0.25) is 20.4 Å². The monoisotopic (exact) mass is 348 g/mol. The number of thioether (sulfide) groups is 1. The molecule has 0 aromatic heterocycles. The van der Waals surface area contributed by atoms with Crippen LogP contribution >= 0.6 is 23.4 Å². The first-order valence-corrected chi connectivity index (χ1v) is 8.37. The molecule has 4 nitrogen and oxygen atoms in total. The number of hydrazine groups is 1. The molecular weight excluding hydrogens is 332 g/mol. The first-order valence-electron chi connectivity index (χ1n) is 7.00. The van der Waals surface area contributed by atoms with Crippen molar-refractivity contribution in [3.63, 3.8) is 0 Å². The van der Waals surface area contributed by atoms with Crippen LogP contribution in [0.2, 0.25) is 5.02 Å². The summed E-state index contributed by atoms with van der Waals surface area (Å²) >= 11 is 7.18. The number of halogens is 1. The minimum Gasteiger partial charge on any atom is -0.272 e. The SMILES string of the molecule is Cc1ccc(SCC(=O)NNC(=O)c2ccc(Cl)cc2)cc1C. The number of hydrogen-bond donors (Lipinski definition) is 2. The zero-order valence-electron chi connectivity index (χ0n) is 12.9. The predicted molar refractivity (Wildman–Crippen MR) is 93.7 cm³/mol. The number of carbonyl (C=O) groups is 2. The zero-order valence-corrected chi connectivity index (χ0v) is 14.4. The van der Waals surface area contributed by atoms with Crippen molar-refractivity contribution in [2.75, 3.05) is 5.75 Å². The third kappa shape index (κ3) is 5.30. The highest BCUT2D eigenvalue weighted by molar-refractivity contribution is 8.00. The summed E-state index contributed by atoms with van der Waals surface area (Å²) in [4.78, 5) is 24.7. The van der Waals surface area contributed by atoms with Crippen molar-refractivity contribution >= 4 is 35.2 Å². The van der Waals surface area contributed by atoms with Crippen molar-refractivity contribution in [1.29, 1.82) is 0 Å². The van der Waals surface area contributed by atoms with Crippen LogP contribution < -0.4 is 10.9 Å². The van der Waals surface area contributed by atoms with Gasteiger partial charge in [-0.1, -0.05) is 17.7 Å². The molecule has 0 bridgehead atoms. The Hall–Kier alpha value is -1.98. The molecule has 2 amide bonds. The summed E-state index contributed by atoms with van der Waals surface area (Å²) in [5.41, 5.74) is 7.61. The van der Waals surface area contributed by atoms with Gasteiger partial charge in [0.15, 0.2) is 0 Å². The van der Waals surface area contributed by atoms with Gasteiger partial charge in [0, 0.05) is 15.5 Å². The molecular formula is C17H17ClN2O2S. The van der Waals surface area contributed by atoms with E-state index in [1.165, 1.54) is 22.9 Å². The topological polar surface area (TPSA) is 58.2 Å². The second kappa shape index (κ2) is 8.04. The fourth-order valence-corrected chi connectivity index (χ4v) is 2.71. The number of nitrogens with one attached hydrogen (secondary N) is 2. The van der Waals surface area contributed by atoms with Gasteiger partial charge >= 0.3 is 0 Å². The van der Waals surface area contributed by atoms with E-state index in [0.717, 1.165) is 4.90 Å². The average molecular weight is 349 g/mol. The fraction of sp³-hybridized carbons (Fsp3) is 0.176. The Bertz CT molecular complexity index is 717. The summed E-state index contributed by atoms with van der Waals surface area (Å²) in [6, 6.07) is 12.5. The van der Waals surface area contributed by atoms with E-state index in [2.05, 4.69) is 10.9 Å². The van der Waals surface area contributed by atoms with Gasteiger partial charge in [-0.05, 0) is 61.4 Å². The highest BCUT2D eigenvalue weighted by Crippen LogP contribution is 2.20. The third-order valence-electron chi connectivity index (χ3n) is 3.27. The molecule has 0 heterocycles. The van der Waals surface area contributed by atoms with Gasteiger partial charge in [-0.15, -0.1) is 11.8 Å². The summed E-state index contributed by atoms with van der Waals surface area (Å²) in [6.45, 7) is 4.08. The first kappa shape index (κ1) is 17.4. The van der Waals surface area contributed by atoms with E-state index in [0.29, 0.717) is 10.6 Å². The largest absolute Gasteiger partial charge is 0.272 e. The Labute approximate surface area is 144 Å². The van der Waals surface area contributed by atoms with E-state index >= 15 is 0 Å². The highest BCUT2D eigenvalue weighted by atomic mass is 35.5. The lowest BCUT2D eigenvalue weighted by atomic mass is 10.1. The molecule has 0 radical (unpaired) electrons. The molecule has 0 aliphatic carbocycles. The Morgan fingerprint density at radius 1 is 1.00 bits per heavy atom. The second-order valence-corrected chi connectivity index (χ2v) is 6.53. The summed E-state index contributed by atoms with van der Waals surface area (Å²) in [5, 5.41) is 0.551. The van der Waals surface area contributed by atoms with Crippen LogP contribution in [0.5, 0.6) is 0 Å². The van der Waals surface area contributed by atoms with Gasteiger partial charge in [0.25, 0.3) is 5.91 Å². The summed E-state index contributed by atoms with van der Waals surface area (Å²) in [5.74, 6) is -0.426. The molecule has 0 aliphatic heterocycles. The van der Waals surface area contributed by atoms with E-state index in [9.17, 15) is 9.59 Å². The Morgan fingerprint density at radius 2 is 1.70 bits per heavy atom. The Kier molecular flexibility index (Phi) is 6.07. The van der Waals surface area contributed by atoms with Crippen LogP contribution in [0.1, 0.15) is 21.5 Å². The number of rotatable bonds is 4. The van der Waals surface area contributed by atoms with Gasteiger partial charge in [0.05, 0.1) is 5.75 Å². The minimum atomic E-state index is -0.383. The summed E-state index contributed by atoms with van der Waals surface area (Å²) in [7, 11) is 0. The molecule has 0 atom stereocenters. The van der Waals surface area contributed by atoms with Crippen molar-refractivity contribution in [2.24, 2.45) is 0 Å². The molecule has 0 aliphatic rings. The van der Waals surface area contributed by atoms with Gasteiger partial charge in [-0.25, -0.2) is 0 Å². The highest BCUT2D eigenvalue weighted by Gasteiger charge is 2.08. The van der Waals surface area contributed by atoms with Crippen molar-refractivity contribution in [2.45, 2.75) is 18.7 Å². The van der Waals surface area contributed by atoms with Gasteiger partial charge in [0.1, 0.15) is 0 Å². The molecule has 2 aromatic rings. The zero-order chi connectivity index (χ0) is 16.8. The molecule has 6 heteroatoms. The summed E-state index contributed by atoms with van der Waals surface area (Å²) < 4.78 is 0. The lowest BCUT2D eigenvalue weighted by Crippen LogP contribution is -2.42. The van der Waals surface area contributed by atoms with Crippen molar-refractivity contribution < 1.29 is 9.59 Å². The predicted octanol–water partition coefficient (Wildman–Crippen LogP) is 3.51. The van der Waals surface area contributed by atoms with E-state index in [-0.39, 0.29) is 17.6 Å². The maximum Gasteiger partial charge on any atom is 0.269 e. The van der Waals surface area contributed by atoms with Crippen LogP contribution in [0.3, 0.4) is 0 Å². The fourth-order valence-electron chi connectivity index (χ4n) is 1.79. The molecule has 0 fully saturated rings. The smallest absolute Gasteiger partial charge is 0.269 e. The molecule has 2 aromatic carbocycles.